The van der Waals surface area contributed by atoms with Gasteiger partial charge in [-0.3, -0.25) is 19.9 Å². The van der Waals surface area contributed by atoms with Gasteiger partial charge in [0.2, 0.25) is 0 Å². The van der Waals surface area contributed by atoms with Crippen LogP contribution in [0.25, 0.3) is 10.9 Å². The number of nitrogens with one attached hydrogen (secondary N) is 1. The number of carbonyl (C=O) groups excluding carboxylic acids is 1. The lowest BCUT2D eigenvalue weighted by molar-refractivity contribution is -0.130. The van der Waals surface area contributed by atoms with Crippen LogP contribution < -0.4 is 19.7 Å². The second kappa shape index (κ2) is 10.5. The number of benzene rings is 2. The quantitative estimate of drug-likeness (QED) is 0.395. The van der Waals surface area contributed by atoms with Crippen molar-refractivity contribution in [3.63, 3.8) is 0 Å². The molecular formula is C24H26FN3O5. The molecule has 2 aromatic carbocycles. The monoisotopic (exact) mass is 455 g/mol. The number of pyridine rings is 1. The first-order valence-corrected chi connectivity index (χ1v) is 10.7. The molecule has 9 heteroatoms. The summed E-state index contributed by atoms with van der Waals surface area (Å²) in [6, 6.07) is 11.5. The largest absolute Gasteiger partial charge is 0.493 e. The van der Waals surface area contributed by atoms with Crippen molar-refractivity contribution in [3.05, 3.63) is 54.5 Å². The standard InChI is InChI=1S/C24H26FN3O5/c1-31-22-12-17-19(26-9-6-20(17)33-21-5-3-2-4-18(21)25)13-23(22)32-15-16-7-10-28(11-8-16)14-24(29)27-30/h2-6,9,12-13,16,30H,7-8,10-11,14-15H2,1H3,(H,27,29). The van der Waals surface area contributed by atoms with E-state index in [1.54, 1.807) is 55.2 Å². The third-order valence-electron chi connectivity index (χ3n) is 5.72. The maximum absolute atomic E-state index is 14.0. The lowest BCUT2D eigenvalue weighted by Gasteiger charge is -2.31. The van der Waals surface area contributed by atoms with Gasteiger partial charge in [0.1, 0.15) is 5.75 Å². The van der Waals surface area contributed by atoms with Crippen molar-refractivity contribution in [2.45, 2.75) is 12.8 Å². The molecule has 1 aliphatic heterocycles. The van der Waals surface area contributed by atoms with Gasteiger partial charge < -0.3 is 14.2 Å². The maximum Gasteiger partial charge on any atom is 0.257 e. The average molecular weight is 455 g/mol. The molecule has 1 amide bonds. The highest BCUT2D eigenvalue weighted by atomic mass is 19.1. The first-order chi connectivity index (χ1) is 16.1. The van der Waals surface area contributed by atoms with Crippen molar-refractivity contribution >= 4 is 16.8 Å². The Morgan fingerprint density at radius 2 is 1.94 bits per heavy atom. The zero-order valence-corrected chi connectivity index (χ0v) is 18.3. The van der Waals surface area contributed by atoms with Crippen LogP contribution in [0.15, 0.2) is 48.7 Å². The molecule has 0 atom stereocenters. The summed E-state index contributed by atoms with van der Waals surface area (Å²) in [5.41, 5.74) is 2.31. The first kappa shape index (κ1) is 22.8. The number of hydrogen-bond donors (Lipinski definition) is 2. The smallest absolute Gasteiger partial charge is 0.257 e. The summed E-state index contributed by atoms with van der Waals surface area (Å²) in [5, 5.41) is 9.35. The second-order valence-electron chi connectivity index (χ2n) is 7.93. The zero-order chi connectivity index (χ0) is 23.2. The van der Waals surface area contributed by atoms with E-state index in [0.29, 0.717) is 40.7 Å². The van der Waals surface area contributed by atoms with Crippen LogP contribution in [0.3, 0.4) is 0 Å². The van der Waals surface area contributed by atoms with E-state index in [1.807, 2.05) is 4.90 Å². The number of aromatic nitrogens is 1. The minimum absolute atomic E-state index is 0.132. The van der Waals surface area contributed by atoms with E-state index < -0.39 is 11.7 Å². The van der Waals surface area contributed by atoms with Gasteiger partial charge in [-0.2, -0.15) is 0 Å². The number of amides is 1. The van der Waals surface area contributed by atoms with Gasteiger partial charge in [-0.25, -0.2) is 9.87 Å². The molecule has 1 aromatic heterocycles. The molecule has 3 aromatic rings. The predicted molar refractivity (Wildman–Crippen MR) is 119 cm³/mol. The van der Waals surface area contributed by atoms with E-state index in [2.05, 4.69) is 4.98 Å². The van der Waals surface area contributed by atoms with Crippen molar-refractivity contribution in [1.82, 2.24) is 15.4 Å². The van der Waals surface area contributed by atoms with E-state index >= 15 is 0 Å². The lowest BCUT2D eigenvalue weighted by atomic mass is 9.98. The molecular weight excluding hydrogens is 429 g/mol. The van der Waals surface area contributed by atoms with E-state index in [-0.39, 0.29) is 12.3 Å². The van der Waals surface area contributed by atoms with Crippen molar-refractivity contribution in [1.29, 1.82) is 0 Å². The number of hydroxylamine groups is 1. The van der Waals surface area contributed by atoms with Crippen LogP contribution in [-0.4, -0.2) is 54.3 Å². The van der Waals surface area contributed by atoms with Crippen molar-refractivity contribution < 1.29 is 28.6 Å². The number of ether oxygens (including phenoxy) is 3. The normalized spacial score (nSPS) is 14.8. The highest BCUT2D eigenvalue weighted by molar-refractivity contribution is 5.88. The molecule has 0 radical (unpaired) electrons. The summed E-state index contributed by atoms with van der Waals surface area (Å²) in [6.07, 6.45) is 3.37. The van der Waals surface area contributed by atoms with Crippen molar-refractivity contribution in [3.8, 4) is 23.0 Å². The van der Waals surface area contributed by atoms with Crippen LogP contribution in [0.4, 0.5) is 4.39 Å². The Morgan fingerprint density at radius 1 is 1.15 bits per heavy atom. The van der Waals surface area contributed by atoms with Gasteiger partial charge in [0, 0.05) is 17.6 Å². The number of methoxy groups -OCH3 is 1. The summed E-state index contributed by atoms with van der Waals surface area (Å²) in [4.78, 5) is 17.7. The average Bonchev–Trinajstić information content (AvgIpc) is 2.84. The zero-order valence-electron chi connectivity index (χ0n) is 18.3. The molecule has 174 valence electrons. The Bertz CT molecular complexity index is 1120. The number of rotatable bonds is 8. The number of nitrogens with zero attached hydrogens (tertiary/aromatic N) is 2. The highest BCUT2D eigenvalue weighted by Gasteiger charge is 2.22. The van der Waals surface area contributed by atoms with Crippen LogP contribution >= 0.6 is 0 Å². The van der Waals surface area contributed by atoms with Gasteiger partial charge in [0.05, 0.1) is 25.8 Å². The summed E-state index contributed by atoms with van der Waals surface area (Å²) in [6.45, 7) is 2.21. The number of fused-ring (bicyclic) bond motifs is 1. The second-order valence-corrected chi connectivity index (χ2v) is 7.93. The van der Waals surface area contributed by atoms with Crippen molar-refractivity contribution in [2.75, 3.05) is 33.4 Å². The van der Waals surface area contributed by atoms with Crippen molar-refractivity contribution in [2.24, 2.45) is 5.92 Å². The number of hydrogen-bond acceptors (Lipinski definition) is 7. The molecule has 0 saturated carbocycles. The Morgan fingerprint density at radius 3 is 2.67 bits per heavy atom. The Kier molecular flexibility index (Phi) is 7.21. The fourth-order valence-electron chi connectivity index (χ4n) is 3.89. The predicted octanol–water partition coefficient (Wildman–Crippen LogP) is 3.77. The number of para-hydroxylation sites is 1. The van der Waals surface area contributed by atoms with Crippen LogP contribution in [0.2, 0.25) is 0 Å². The minimum atomic E-state index is -0.447. The van der Waals surface area contributed by atoms with Crippen LogP contribution in [0.1, 0.15) is 12.8 Å². The summed E-state index contributed by atoms with van der Waals surface area (Å²) in [5.74, 6) is 1.19. The summed E-state index contributed by atoms with van der Waals surface area (Å²) < 4.78 is 31.5. The topological polar surface area (TPSA) is 93.2 Å². The van der Waals surface area contributed by atoms with Gasteiger partial charge in [-0.1, -0.05) is 12.1 Å². The van der Waals surface area contributed by atoms with Gasteiger partial charge in [-0.05, 0) is 56.1 Å². The molecule has 1 fully saturated rings. The molecule has 2 N–H and O–H groups in total. The molecule has 8 nitrogen and oxygen atoms in total. The molecule has 2 heterocycles. The first-order valence-electron chi connectivity index (χ1n) is 10.7. The third kappa shape index (κ3) is 5.50. The molecule has 0 aliphatic carbocycles. The SMILES string of the molecule is COc1cc2c(Oc3ccccc3F)ccnc2cc1OCC1CCN(CC(=O)NO)CC1. The Balaban J connectivity index is 1.46. The van der Waals surface area contributed by atoms with Gasteiger partial charge in [0.25, 0.3) is 5.91 Å². The van der Waals surface area contributed by atoms with Gasteiger partial charge in [0.15, 0.2) is 23.1 Å². The molecule has 0 unspecified atom stereocenters. The molecule has 4 rings (SSSR count). The maximum atomic E-state index is 14.0. The van der Waals surface area contributed by atoms with E-state index in [9.17, 15) is 9.18 Å². The molecule has 0 bridgehead atoms. The van der Waals surface area contributed by atoms with Gasteiger partial charge >= 0.3 is 0 Å². The minimum Gasteiger partial charge on any atom is -0.493 e. The highest BCUT2D eigenvalue weighted by Crippen LogP contribution is 2.37. The Hall–Kier alpha value is -3.43. The number of likely N-dealkylation sites (tertiary alicyclic amines) is 1. The fourth-order valence-corrected chi connectivity index (χ4v) is 3.89. The van der Waals surface area contributed by atoms with Crippen LogP contribution in [0, 0.1) is 11.7 Å². The Labute approximate surface area is 190 Å². The molecule has 0 spiro atoms. The van der Waals surface area contributed by atoms with E-state index in [0.717, 1.165) is 25.9 Å². The molecule has 1 aliphatic rings. The van der Waals surface area contributed by atoms with E-state index in [4.69, 9.17) is 19.4 Å². The summed E-state index contributed by atoms with van der Waals surface area (Å²) >= 11 is 0. The van der Waals surface area contributed by atoms with Crippen LogP contribution in [-0.2, 0) is 4.79 Å². The lowest BCUT2D eigenvalue weighted by Crippen LogP contribution is -2.41. The molecule has 1 saturated heterocycles. The van der Waals surface area contributed by atoms with Gasteiger partial charge in [-0.15, -0.1) is 0 Å². The van der Waals surface area contributed by atoms with E-state index in [1.165, 1.54) is 6.07 Å². The number of piperidine rings is 1. The van der Waals surface area contributed by atoms with Crippen LogP contribution in [0.5, 0.6) is 23.0 Å². The summed E-state index contributed by atoms with van der Waals surface area (Å²) in [7, 11) is 1.56. The molecule has 33 heavy (non-hydrogen) atoms. The number of halogens is 1. The fraction of sp³-hybridized carbons (Fsp3) is 0.333. The third-order valence-corrected chi connectivity index (χ3v) is 5.72. The number of carbonyl (C=O) groups is 1.